The lowest BCUT2D eigenvalue weighted by atomic mass is 10.1. The Morgan fingerprint density at radius 3 is 2.64 bits per heavy atom. The quantitative estimate of drug-likeness (QED) is 0.806. The molecular formula is C17H16FN3O. The van der Waals surface area contributed by atoms with Gasteiger partial charge in [-0.25, -0.2) is 9.37 Å². The number of nitrogens with one attached hydrogen (secondary N) is 1. The normalized spacial score (nSPS) is 10.9. The van der Waals surface area contributed by atoms with Gasteiger partial charge in [0.1, 0.15) is 11.5 Å². The summed E-state index contributed by atoms with van der Waals surface area (Å²) >= 11 is 0. The smallest absolute Gasteiger partial charge is 0.228 e. The highest BCUT2D eigenvalue weighted by Crippen LogP contribution is 2.15. The summed E-state index contributed by atoms with van der Waals surface area (Å²) < 4.78 is 14.8. The molecule has 0 unspecified atom stereocenters. The van der Waals surface area contributed by atoms with Gasteiger partial charge in [-0.05, 0) is 43.7 Å². The average molecular weight is 297 g/mol. The molecule has 112 valence electrons. The molecule has 0 saturated heterocycles. The Bertz CT molecular complexity index is 837. The molecule has 1 amide bonds. The number of aromatic nitrogens is 2. The van der Waals surface area contributed by atoms with E-state index in [2.05, 4.69) is 10.3 Å². The highest BCUT2D eigenvalue weighted by atomic mass is 19.1. The van der Waals surface area contributed by atoms with Crippen molar-refractivity contribution in [3.63, 3.8) is 0 Å². The summed E-state index contributed by atoms with van der Waals surface area (Å²) in [6.45, 7) is 3.94. The van der Waals surface area contributed by atoms with E-state index >= 15 is 0 Å². The lowest BCUT2D eigenvalue weighted by Crippen LogP contribution is -2.14. The predicted octanol–water partition coefficient (Wildman–Crippen LogP) is 3.27. The summed E-state index contributed by atoms with van der Waals surface area (Å²) in [5, 5.41) is 2.85. The fourth-order valence-electron chi connectivity index (χ4n) is 2.35. The van der Waals surface area contributed by atoms with Gasteiger partial charge in [0.05, 0.1) is 17.8 Å². The zero-order valence-electron chi connectivity index (χ0n) is 12.4. The number of carbonyl (C=O) groups is 1. The maximum absolute atomic E-state index is 12.8. The number of pyridine rings is 1. The molecule has 0 radical (unpaired) electrons. The Kier molecular flexibility index (Phi) is 3.63. The van der Waals surface area contributed by atoms with Gasteiger partial charge in [0.15, 0.2) is 0 Å². The maximum Gasteiger partial charge on any atom is 0.228 e. The molecule has 1 aromatic carbocycles. The standard InChI is InChI=1S/C17H16FN3O/c1-11-12(2)21-10-15(7-8-16(21)19-11)20-17(22)9-13-3-5-14(18)6-4-13/h3-8,10H,9H2,1-2H3,(H,20,22). The van der Waals surface area contributed by atoms with Crippen molar-refractivity contribution in [2.45, 2.75) is 20.3 Å². The van der Waals surface area contributed by atoms with E-state index in [0.29, 0.717) is 5.69 Å². The first-order chi connectivity index (χ1) is 10.5. The Morgan fingerprint density at radius 2 is 1.91 bits per heavy atom. The lowest BCUT2D eigenvalue weighted by molar-refractivity contribution is -0.115. The molecule has 0 fully saturated rings. The van der Waals surface area contributed by atoms with Crippen molar-refractivity contribution in [2.24, 2.45) is 0 Å². The number of halogens is 1. The summed E-state index contributed by atoms with van der Waals surface area (Å²) in [4.78, 5) is 16.5. The largest absolute Gasteiger partial charge is 0.324 e. The van der Waals surface area contributed by atoms with Crippen LogP contribution >= 0.6 is 0 Å². The molecule has 0 saturated carbocycles. The molecule has 0 aliphatic carbocycles. The minimum absolute atomic E-state index is 0.138. The van der Waals surface area contributed by atoms with Gasteiger partial charge in [-0.15, -0.1) is 0 Å². The number of nitrogens with zero attached hydrogens (tertiary/aromatic N) is 2. The van der Waals surface area contributed by atoms with E-state index in [1.54, 1.807) is 12.1 Å². The Labute approximate surface area is 127 Å². The molecule has 0 aliphatic heterocycles. The zero-order valence-corrected chi connectivity index (χ0v) is 12.4. The van der Waals surface area contributed by atoms with Gasteiger partial charge in [0, 0.05) is 11.9 Å². The summed E-state index contributed by atoms with van der Waals surface area (Å²) in [5.74, 6) is -0.444. The van der Waals surface area contributed by atoms with E-state index < -0.39 is 0 Å². The molecule has 0 bridgehead atoms. The number of amides is 1. The molecule has 22 heavy (non-hydrogen) atoms. The average Bonchev–Trinajstić information content (AvgIpc) is 2.77. The van der Waals surface area contributed by atoms with Crippen LogP contribution in [0.15, 0.2) is 42.6 Å². The molecule has 1 N–H and O–H groups in total. The van der Waals surface area contributed by atoms with Crippen LogP contribution in [0.3, 0.4) is 0 Å². The molecular weight excluding hydrogens is 281 g/mol. The van der Waals surface area contributed by atoms with Crippen molar-refractivity contribution in [3.8, 4) is 0 Å². The van der Waals surface area contributed by atoms with Crippen LogP contribution in [0.5, 0.6) is 0 Å². The molecule has 0 spiro atoms. The summed E-state index contributed by atoms with van der Waals surface area (Å²) in [7, 11) is 0. The van der Waals surface area contributed by atoms with Crippen molar-refractivity contribution in [1.82, 2.24) is 9.38 Å². The number of hydrogen-bond donors (Lipinski definition) is 1. The van der Waals surface area contributed by atoms with E-state index in [0.717, 1.165) is 22.6 Å². The third-order valence-corrected chi connectivity index (χ3v) is 3.66. The molecule has 3 rings (SSSR count). The van der Waals surface area contributed by atoms with E-state index in [4.69, 9.17) is 0 Å². The van der Waals surface area contributed by atoms with Gasteiger partial charge in [0.25, 0.3) is 0 Å². The molecule has 2 heterocycles. The number of anilines is 1. The van der Waals surface area contributed by atoms with Crippen molar-refractivity contribution < 1.29 is 9.18 Å². The fourth-order valence-corrected chi connectivity index (χ4v) is 2.35. The Hall–Kier alpha value is -2.69. The first-order valence-electron chi connectivity index (χ1n) is 7.02. The lowest BCUT2D eigenvalue weighted by Gasteiger charge is -2.07. The monoisotopic (exact) mass is 297 g/mol. The molecule has 3 aromatic rings. The van der Waals surface area contributed by atoms with E-state index in [9.17, 15) is 9.18 Å². The molecule has 5 heteroatoms. The van der Waals surface area contributed by atoms with Crippen LogP contribution in [-0.2, 0) is 11.2 Å². The Morgan fingerprint density at radius 1 is 1.18 bits per heavy atom. The number of carbonyl (C=O) groups excluding carboxylic acids is 1. The minimum atomic E-state index is -0.305. The third kappa shape index (κ3) is 2.83. The van der Waals surface area contributed by atoms with Gasteiger partial charge in [-0.1, -0.05) is 12.1 Å². The van der Waals surface area contributed by atoms with Crippen LogP contribution in [0.4, 0.5) is 10.1 Å². The Balaban J connectivity index is 1.76. The number of benzene rings is 1. The SMILES string of the molecule is Cc1nc2ccc(NC(=O)Cc3ccc(F)cc3)cn2c1C. The summed E-state index contributed by atoms with van der Waals surface area (Å²) in [6.07, 6.45) is 2.06. The first-order valence-corrected chi connectivity index (χ1v) is 7.02. The predicted molar refractivity (Wildman–Crippen MR) is 83.4 cm³/mol. The molecule has 0 aliphatic rings. The van der Waals surface area contributed by atoms with Gasteiger partial charge < -0.3 is 9.72 Å². The topological polar surface area (TPSA) is 46.4 Å². The molecule has 4 nitrogen and oxygen atoms in total. The second-order valence-electron chi connectivity index (χ2n) is 5.28. The number of aryl methyl sites for hydroxylation is 2. The highest BCUT2D eigenvalue weighted by Gasteiger charge is 2.08. The first kappa shape index (κ1) is 14.3. The number of fused-ring (bicyclic) bond motifs is 1. The fraction of sp³-hybridized carbons (Fsp3) is 0.176. The van der Waals surface area contributed by atoms with Gasteiger partial charge in [-0.2, -0.15) is 0 Å². The van der Waals surface area contributed by atoms with E-state index in [1.807, 2.05) is 36.6 Å². The van der Waals surface area contributed by atoms with Crippen LogP contribution in [0, 0.1) is 19.7 Å². The summed E-state index contributed by atoms with van der Waals surface area (Å²) in [6, 6.07) is 9.62. The maximum atomic E-state index is 12.8. The van der Waals surface area contributed by atoms with Gasteiger partial charge in [0.2, 0.25) is 5.91 Å². The van der Waals surface area contributed by atoms with Crippen LogP contribution in [0.2, 0.25) is 0 Å². The minimum Gasteiger partial charge on any atom is -0.324 e. The van der Waals surface area contributed by atoms with E-state index in [-0.39, 0.29) is 18.1 Å². The van der Waals surface area contributed by atoms with Crippen LogP contribution in [0.25, 0.3) is 5.65 Å². The molecule has 0 atom stereocenters. The van der Waals surface area contributed by atoms with Crippen molar-refractivity contribution in [2.75, 3.05) is 5.32 Å². The van der Waals surface area contributed by atoms with Gasteiger partial charge in [-0.3, -0.25) is 4.79 Å². The number of imidazole rings is 1. The third-order valence-electron chi connectivity index (χ3n) is 3.66. The number of hydrogen-bond acceptors (Lipinski definition) is 2. The van der Waals surface area contributed by atoms with E-state index in [1.165, 1.54) is 12.1 Å². The summed E-state index contributed by atoms with van der Waals surface area (Å²) in [5.41, 5.74) is 4.35. The van der Waals surface area contributed by atoms with Gasteiger partial charge >= 0.3 is 0 Å². The van der Waals surface area contributed by atoms with Crippen molar-refractivity contribution >= 4 is 17.2 Å². The van der Waals surface area contributed by atoms with Crippen LogP contribution < -0.4 is 5.32 Å². The second kappa shape index (κ2) is 5.60. The number of rotatable bonds is 3. The van der Waals surface area contributed by atoms with Crippen molar-refractivity contribution in [1.29, 1.82) is 0 Å². The highest BCUT2D eigenvalue weighted by molar-refractivity contribution is 5.92. The van der Waals surface area contributed by atoms with Crippen LogP contribution in [-0.4, -0.2) is 15.3 Å². The zero-order chi connectivity index (χ0) is 15.7. The second-order valence-corrected chi connectivity index (χ2v) is 5.28. The van der Waals surface area contributed by atoms with Crippen molar-refractivity contribution in [3.05, 3.63) is 65.4 Å². The van der Waals surface area contributed by atoms with Crippen LogP contribution in [0.1, 0.15) is 17.0 Å². The molecule has 2 aromatic heterocycles.